The average Bonchev–Trinajstić information content (AvgIpc) is 2.75. The van der Waals surface area contributed by atoms with Crippen LogP contribution >= 0.6 is 0 Å². The molecule has 0 N–H and O–H groups in total. The van der Waals surface area contributed by atoms with Crippen LogP contribution in [0.3, 0.4) is 0 Å². The van der Waals surface area contributed by atoms with Gasteiger partial charge in [-0.25, -0.2) is 17.2 Å². The number of rotatable bonds is 2. The Morgan fingerprint density at radius 1 is 1.25 bits per heavy atom. The van der Waals surface area contributed by atoms with Crippen LogP contribution in [0.25, 0.3) is 0 Å². The van der Waals surface area contributed by atoms with Crippen molar-refractivity contribution in [3.8, 4) is 0 Å². The predicted molar refractivity (Wildman–Crippen MR) is 50.8 cm³/mol. The van der Waals surface area contributed by atoms with E-state index in [1.54, 1.807) is 0 Å². The summed E-state index contributed by atoms with van der Waals surface area (Å²) in [5.74, 6) is -2.28. The maximum atomic E-state index is 12.9. The summed E-state index contributed by atoms with van der Waals surface area (Å²) < 4.78 is 50.0. The third-order valence-corrected chi connectivity index (χ3v) is 3.85. The first kappa shape index (κ1) is 11.4. The molecule has 1 aromatic rings. The Kier molecular flexibility index (Phi) is 2.92. The summed E-state index contributed by atoms with van der Waals surface area (Å²) in [7, 11) is -3.87. The SMILES string of the molecule is O=S(=O)(c1ccc(F)c(F)c1)N1CCCO1. The van der Waals surface area contributed by atoms with Crippen LogP contribution in [0.1, 0.15) is 6.42 Å². The molecule has 1 aromatic carbocycles. The number of benzene rings is 1. The van der Waals surface area contributed by atoms with Gasteiger partial charge in [-0.2, -0.15) is 0 Å². The molecule has 4 nitrogen and oxygen atoms in total. The second-order valence-electron chi connectivity index (χ2n) is 3.29. The highest BCUT2D eigenvalue weighted by Crippen LogP contribution is 2.21. The lowest BCUT2D eigenvalue weighted by atomic mass is 10.3. The highest BCUT2D eigenvalue weighted by molar-refractivity contribution is 7.89. The molecule has 1 heterocycles. The van der Waals surface area contributed by atoms with Gasteiger partial charge >= 0.3 is 0 Å². The Morgan fingerprint density at radius 3 is 2.56 bits per heavy atom. The molecule has 0 radical (unpaired) electrons. The maximum Gasteiger partial charge on any atom is 0.265 e. The zero-order valence-corrected chi connectivity index (χ0v) is 9.01. The Morgan fingerprint density at radius 2 is 2.00 bits per heavy atom. The lowest BCUT2D eigenvalue weighted by molar-refractivity contribution is -0.0284. The molecule has 0 unspecified atom stereocenters. The van der Waals surface area contributed by atoms with Crippen molar-refractivity contribution < 1.29 is 22.0 Å². The molecular weight excluding hydrogens is 240 g/mol. The molecule has 0 aliphatic carbocycles. The maximum absolute atomic E-state index is 12.9. The van der Waals surface area contributed by atoms with Gasteiger partial charge in [0.2, 0.25) is 0 Å². The summed E-state index contributed by atoms with van der Waals surface area (Å²) in [6.07, 6.45) is 0.586. The lowest BCUT2D eigenvalue weighted by Crippen LogP contribution is -2.26. The number of nitrogens with zero attached hydrogens (tertiary/aromatic N) is 1. The van der Waals surface area contributed by atoms with Crippen molar-refractivity contribution in [2.24, 2.45) is 0 Å². The van der Waals surface area contributed by atoms with Gasteiger partial charge in [0, 0.05) is 6.54 Å². The first-order valence-electron chi connectivity index (χ1n) is 4.62. The fourth-order valence-electron chi connectivity index (χ4n) is 1.37. The zero-order chi connectivity index (χ0) is 11.8. The van der Waals surface area contributed by atoms with Crippen molar-refractivity contribution in [1.29, 1.82) is 0 Å². The second-order valence-corrected chi connectivity index (χ2v) is 5.12. The number of halogens is 2. The highest BCUT2D eigenvalue weighted by Gasteiger charge is 2.29. The van der Waals surface area contributed by atoms with Crippen LogP contribution in [0.2, 0.25) is 0 Å². The van der Waals surface area contributed by atoms with E-state index in [0.29, 0.717) is 19.1 Å². The number of hydrogen-bond acceptors (Lipinski definition) is 3. The minimum atomic E-state index is -3.87. The average molecular weight is 249 g/mol. The number of sulfonamides is 1. The monoisotopic (exact) mass is 249 g/mol. The van der Waals surface area contributed by atoms with Gasteiger partial charge in [0.05, 0.1) is 11.5 Å². The van der Waals surface area contributed by atoms with Crippen molar-refractivity contribution in [1.82, 2.24) is 4.47 Å². The van der Waals surface area contributed by atoms with Crippen LogP contribution in [-0.4, -0.2) is 26.0 Å². The molecule has 0 bridgehead atoms. The van der Waals surface area contributed by atoms with E-state index < -0.39 is 21.7 Å². The number of hydroxylamine groups is 1. The first-order valence-corrected chi connectivity index (χ1v) is 6.06. The van der Waals surface area contributed by atoms with Gasteiger partial charge in [0.25, 0.3) is 10.0 Å². The van der Waals surface area contributed by atoms with E-state index in [1.165, 1.54) is 0 Å². The Bertz CT molecular complexity index is 497. The van der Waals surface area contributed by atoms with Gasteiger partial charge in [0.1, 0.15) is 0 Å². The standard InChI is InChI=1S/C9H9F2NO3S/c10-8-3-2-7(6-9(8)11)16(13,14)12-4-1-5-15-12/h2-3,6H,1,4-5H2. The van der Waals surface area contributed by atoms with Crippen molar-refractivity contribution in [2.75, 3.05) is 13.2 Å². The van der Waals surface area contributed by atoms with E-state index in [-0.39, 0.29) is 11.4 Å². The van der Waals surface area contributed by atoms with Crippen LogP contribution in [0.4, 0.5) is 8.78 Å². The van der Waals surface area contributed by atoms with Crippen molar-refractivity contribution in [3.05, 3.63) is 29.8 Å². The van der Waals surface area contributed by atoms with Crippen molar-refractivity contribution in [2.45, 2.75) is 11.3 Å². The largest absolute Gasteiger partial charge is 0.284 e. The lowest BCUT2D eigenvalue weighted by Gasteiger charge is -2.14. The van der Waals surface area contributed by atoms with Gasteiger partial charge < -0.3 is 0 Å². The van der Waals surface area contributed by atoms with E-state index in [0.717, 1.165) is 16.6 Å². The van der Waals surface area contributed by atoms with Crippen molar-refractivity contribution >= 4 is 10.0 Å². The Hall–Kier alpha value is -1.05. The fourth-order valence-corrected chi connectivity index (χ4v) is 2.68. The summed E-state index contributed by atoms with van der Waals surface area (Å²) in [5.41, 5.74) is 0. The molecule has 0 spiro atoms. The third-order valence-electron chi connectivity index (χ3n) is 2.18. The number of hydrogen-bond donors (Lipinski definition) is 0. The van der Waals surface area contributed by atoms with Gasteiger partial charge in [0.15, 0.2) is 11.6 Å². The summed E-state index contributed by atoms with van der Waals surface area (Å²) in [6, 6.07) is 2.43. The molecule has 16 heavy (non-hydrogen) atoms. The molecule has 0 saturated carbocycles. The quantitative estimate of drug-likeness (QED) is 0.793. The summed E-state index contributed by atoms with van der Waals surface area (Å²) in [4.78, 5) is 4.56. The molecule has 0 aromatic heterocycles. The van der Waals surface area contributed by atoms with E-state index in [1.807, 2.05) is 0 Å². The van der Waals surface area contributed by atoms with Gasteiger partial charge in [-0.05, 0) is 24.6 Å². The minimum Gasteiger partial charge on any atom is -0.284 e. The Labute approximate surface area is 91.4 Å². The molecule has 1 aliphatic rings. The van der Waals surface area contributed by atoms with Crippen LogP contribution in [0, 0.1) is 11.6 Å². The van der Waals surface area contributed by atoms with E-state index >= 15 is 0 Å². The normalized spacial score (nSPS) is 17.9. The molecular formula is C9H9F2NO3S. The van der Waals surface area contributed by atoms with E-state index in [9.17, 15) is 17.2 Å². The van der Waals surface area contributed by atoms with E-state index in [4.69, 9.17) is 4.84 Å². The molecule has 1 fully saturated rings. The minimum absolute atomic E-state index is 0.224. The van der Waals surface area contributed by atoms with Gasteiger partial charge in [-0.15, -0.1) is 0 Å². The third kappa shape index (κ3) is 1.93. The topological polar surface area (TPSA) is 46.6 Å². The molecule has 7 heteroatoms. The molecule has 0 atom stereocenters. The molecule has 1 saturated heterocycles. The molecule has 0 amide bonds. The highest BCUT2D eigenvalue weighted by atomic mass is 32.2. The smallest absolute Gasteiger partial charge is 0.265 e. The molecule has 2 rings (SSSR count). The van der Waals surface area contributed by atoms with Crippen LogP contribution in [-0.2, 0) is 14.9 Å². The van der Waals surface area contributed by atoms with Crippen LogP contribution in [0.5, 0.6) is 0 Å². The fraction of sp³-hybridized carbons (Fsp3) is 0.333. The Balaban J connectivity index is 2.39. The summed E-state index contributed by atoms with van der Waals surface area (Å²) in [6.45, 7) is 0.532. The predicted octanol–water partition coefficient (Wildman–Crippen LogP) is 1.29. The first-order chi connectivity index (χ1) is 7.51. The van der Waals surface area contributed by atoms with Gasteiger partial charge in [-0.3, -0.25) is 4.84 Å². The summed E-state index contributed by atoms with van der Waals surface area (Å²) >= 11 is 0. The van der Waals surface area contributed by atoms with E-state index in [2.05, 4.69) is 0 Å². The zero-order valence-electron chi connectivity index (χ0n) is 8.19. The second kappa shape index (κ2) is 4.08. The summed E-state index contributed by atoms with van der Waals surface area (Å²) in [5, 5.41) is 0. The van der Waals surface area contributed by atoms with Crippen LogP contribution in [0.15, 0.2) is 23.1 Å². The molecule has 1 aliphatic heterocycles. The van der Waals surface area contributed by atoms with Crippen molar-refractivity contribution in [3.63, 3.8) is 0 Å². The van der Waals surface area contributed by atoms with Crippen LogP contribution < -0.4 is 0 Å². The van der Waals surface area contributed by atoms with Gasteiger partial charge in [-0.1, -0.05) is 4.47 Å². The molecule has 88 valence electrons.